The highest BCUT2D eigenvalue weighted by atomic mass is 19.3. The molecule has 2 aliphatic heterocycles. The van der Waals surface area contributed by atoms with Crippen LogP contribution >= 0.6 is 0 Å². The zero-order valence-corrected chi connectivity index (χ0v) is 13.6. The number of amides is 1. The van der Waals surface area contributed by atoms with Gasteiger partial charge in [-0.15, -0.1) is 0 Å². The Morgan fingerprint density at radius 2 is 1.83 bits per heavy atom. The van der Waals surface area contributed by atoms with E-state index in [1.165, 1.54) is 0 Å². The highest BCUT2D eigenvalue weighted by molar-refractivity contribution is 5.79. The van der Waals surface area contributed by atoms with Crippen molar-refractivity contribution in [3.05, 3.63) is 0 Å². The van der Waals surface area contributed by atoms with Crippen LogP contribution in [0.25, 0.3) is 0 Å². The first-order valence-electron chi connectivity index (χ1n) is 8.89. The molecule has 3 rings (SSSR count). The Bertz CT molecular complexity index is 395. The Morgan fingerprint density at radius 3 is 2.43 bits per heavy atom. The first-order chi connectivity index (χ1) is 11.0. The number of carbonyl (C=O) groups excluding carboxylic acids is 1. The van der Waals surface area contributed by atoms with Crippen molar-refractivity contribution in [1.82, 2.24) is 4.90 Å². The van der Waals surface area contributed by atoms with Crippen molar-refractivity contribution < 1.29 is 23.0 Å². The second-order valence-corrected chi connectivity index (χ2v) is 7.22. The molecule has 1 amide bonds. The van der Waals surface area contributed by atoms with Gasteiger partial charge in [-0.2, -0.15) is 0 Å². The first-order valence-corrected chi connectivity index (χ1v) is 8.89. The maximum Gasteiger partial charge on any atom is 0.248 e. The van der Waals surface area contributed by atoms with Gasteiger partial charge in [-0.1, -0.05) is 0 Å². The summed E-state index contributed by atoms with van der Waals surface area (Å²) in [7, 11) is 0. The van der Waals surface area contributed by atoms with E-state index < -0.39 is 5.92 Å². The van der Waals surface area contributed by atoms with E-state index in [1.807, 2.05) is 4.90 Å². The molecule has 6 heteroatoms. The Hall–Kier alpha value is -0.750. The van der Waals surface area contributed by atoms with E-state index in [1.54, 1.807) is 0 Å². The monoisotopic (exact) mass is 331 g/mol. The molecule has 3 fully saturated rings. The molecule has 0 N–H and O–H groups in total. The summed E-state index contributed by atoms with van der Waals surface area (Å²) in [6.45, 7) is 3.76. The Morgan fingerprint density at radius 1 is 1.13 bits per heavy atom. The largest absolute Gasteiger partial charge is 0.381 e. The fourth-order valence-electron chi connectivity index (χ4n) is 3.78. The third kappa shape index (κ3) is 4.63. The average molecular weight is 331 g/mol. The minimum absolute atomic E-state index is 0.0724. The Labute approximate surface area is 136 Å². The van der Waals surface area contributed by atoms with Crippen LogP contribution in [0.5, 0.6) is 0 Å². The van der Waals surface area contributed by atoms with Gasteiger partial charge in [-0.05, 0) is 32.1 Å². The number of rotatable bonds is 4. The van der Waals surface area contributed by atoms with E-state index in [0.717, 1.165) is 39.1 Å². The summed E-state index contributed by atoms with van der Waals surface area (Å²) in [6, 6.07) is 0. The molecule has 3 aliphatic rings. The number of ether oxygens (including phenoxy) is 2. The quantitative estimate of drug-likeness (QED) is 0.795. The Balaban J connectivity index is 1.37. The van der Waals surface area contributed by atoms with Gasteiger partial charge in [0.05, 0.1) is 19.3 Å². The molecule has 1 atom stereocenters. The van der Waals surface area contributed by atoms with Crippen molar-refractivity contribution in [2.75, 3.05) is 32.9 Å². The SMILES string of the molecule is O=C(C1CCC(F)(F)CC1)N1CCC(OC[C@H]2CCOC2)CC1. The lowest BCUT2D eigenvalue weighted by Gasteiger charge is -2.36. The molecule has 4 nitrogen and oxygen atoms in total. The van der Waals surface area contributed by atoms with Crippen molar-refractivity contribution in [2.24, 2.45) is 11.8 Å². The van der Waals surface area contributed by atoms with Gasteiger partial charge in [-0.25, -0.2) is 8.78 Å². The van der Waals surface area contributed by atoms with Crippen LogP contribution < -0.4 is 0 Å². The molecule has 0 bridgehead atoms. The zero-order valence-electron chi connectivity index (χ0n) is 13.6. The van der Waals surface area contributed by atoms with E-state index in [4.69, 9.17) is 9.47 Å². The highest BCUT2D eigenvalue weighted by Crippen LogP contribution is 2.37. The lowest BCUT2D eigenvalue weighted by atomic mass is 9.85. The number of hydrogen-bond donors (Lipinski definition) is 0. The van der Waals surface area contributed by atoms with Crippen molar-refractivity contribution >= 4 is 5.91 Å². The Kier molecular flexibility index (Phi) is 5.52. The number of halogens is 2. The zero-order chi connectivity index (χ0) is 16.3. The molecule has 2 heterocycles. The minimum atomic E-state index is -2.57. The predicted octanol–water partition coefficient (Wildman–Crippen LogP) is 2.86. The number of likely N-dealkylation sites (tertiary alicyclic amines) is 1. The van der Waals surface area contributed by atoms with Gasteiger partial charge in [0.1, 0.15) is 0 Å². The summed E-state index contributed by atoms with van der Waals surface area (Å²) < 4.78 is 37.7. The van der Waals surface area contributed by atoms with Crippen LogP contribution in [0.15, 0.2) is 0 Å². The summed E-state index contributed by atoms with van der Waals surface area (Å²) in [5.41, 5.74) is 0. The highest BCUT2D eigenvalue weighted by Gasteiger charge is 2.39. The summed E-state index contributed by atoms with van der Waals surface area (Å²) in [6.07, 6.45) is 3.34. The molecule has 0 aromatic rings. The van der Waals surface area contributed by atoms with E-state index in [-0.39, 0.29) is 30.8 Å². The fraction of sp³-hybridized carbons (Fsp3) is 0.941. The van der Waals surface area contributed by atoms with E-state index >= 15 is 0 Å². The number of piperidine rings is 1. The van der Waals surface area contributed by atoms with Crippen LogP contribution in [0.3, 0.4) is 0 Å². The van der Waals surface area contributed by atoms with E-state index in [0.29, 0.717) is 31.8 Å². The summed E-state index contributed by atoms with van der Waals surface area (Å²) in [5.74, 6) is -2.19. The van der Waals surface area contributed by atoms with Crippen LogP contribution in [0.4, 0.5) is 8.78 Å². The third-order valence-corrected chi connectivity index (χ3v) is 5.41. The molecule has 23 heavy (non-hydrogen) atoms. The molecule has 132 valence electrons. The third-order valence-electron chi connectivity index (χ3n) is 5.41. The molecular weight excluding hydrogens is 304 g/mol. The van der Waals surface area contributed by atoms with Crippen LogP contribution in [-0.4, -0.2) is 55.7 Å². The maximum atomic E-state index is 13.2. The lowest BCUT2D eigenvalue weighted by molar-refractivity contribution is -0.142. The van der Waals surface area contributed by atoms with Gasteiger partial charge in [0, 0.05) is 44.4 Å². The summed E-state index contributed by atoms with van der Waals surface area (Å²) in [4.78, 5) is 14.3. The average Bonchev–Trinajstić information content (AvgIpc) is 3.06. The van der Waals surface area contributed by atoms with Crippen molar-refractivity contribution in [2.45, 2.75) is 57.0 Å². The fourth-order valence-corrected chi connectivity index (χ4v) is 3.78. The molecule has 1 saturated carbocycles. The number of alkyl halides is 2. The molecule has 0 unspecified atom stereocenters. The van der Waals surface area contributed by atoms with Crippen LogP contribution in [0.1, 0.15) is 44.9 Å². The van der Waals surface area contributed by atoms with Crippen LogP contribution in [0, 0.1) is 11.8 Å². The molecule has 0 spiro atoms. The maximum absolute atomic E-state index is 13.2. The minimum Gasteiger partial charge on any atom is -0.381 e. The van der Waals surface area contributed by atoms with Gasteiger partial charge >= 0.3 is 0 Å². The van der Waals surface area contributed by atoms with Gasteiger partial charge in [-0.3, -0.25) is 4.79 Å². The van der Waals surface area contributed by atoms with Crippen molar-refractivity contribution in [1.29, 1.82) is 0 Å². The second kappa shape index (κ2) is 7.43. The van der Waals surface area contributed by atoms with Gasteiger partial charge in [0.15, 0.2) is 0 Å². The van der Waals surface area contributed by atoms with Gasteiger partial charge < -0.3 is 14.4 Å². The van der Waals surface area contributed by atoms with Crippen LogP contribution in [-0.2, 0) is 14.3 Å². The summed E-state index contributed by atoms with van der Waals surface area (Å²) in [5, 5.41) is 0. The van der Waals surface area contributed by atoms with Gasteiger partial charge in [0.2, 0.25) is 11.8 Å². The second-order valence-electron chi connectivity index (χ2n) is 7.22. The van der Waals surface area contributed by atoms with Crippen molar-refractivity contribution in [3.8, 4) is 0 Å². The standard InChI is InChI=1S/C17H27F2NO3/c18-17(19)6-1-14(2-7-17)16(21)20-8-3-15(4-9-20)23-12-13-5-10-22-11-13/h13-15H,1-12H2/t13-/m0/s1. The lowest BCUT2D eigenvalue weighted by Crippen LogP contribution is -2.45. The summed E-state index contributed by atoms with van der Waals surface area (Å²) >= 11 is 0. The number of hydrogen-bond acceptors (Lipinski definition) is 3. The van der Waals surface area contributed by atoms with E-state index in [2.05, 4.69) is 0 Å². The number of carbonyl (C=O) groups is 1. The predicted molar refractivity (Wildman–Crippen MR) is 81.4 cm³/mol. The molecule has 1 aliphatic carbocycles. The molecule has 0 radical (unpaired) electrons. The molecule has 0 aromatic heterocycles. The number of nitrogens with zero attached hydrogens (tertiary/aromatic N) is 1. The first kappa shape index (κ1) is 17.1. The smallest absolute Gasteiger partial charge is 0.248 e. The van der Waals surface area contributed by atoms with Crippen LogP contribution in [0.2, 0.25) is 0 Å². The molecule has 0 aromatic carbocycles. The van der Waals surface area contributed by atoms with Crippen molar-refractivity contribution in [3.63, 3.8) is 0 Å². The molecular formula is C17H27F2NO3. The molecule has 2 saturated heterocycles. The normalized spacial score (nSPS) is 29.8. The van der Waals surface area contributed by atoms with Gasteiger partial charge in [0.25, 0.3) is 0 Å². The van der Waals surface area contributed by atoms with E-state index in [9.17, 15) is 13.6 Å². The topological polar surface area (TPSA) is 38.8 Å².